The summed E-state index contributed by atoms with van der Waals surface area (Å²) in [7, 11) is 0. The van der Waals surface area contributed by atoms with Crippen LogP contribution < -0.4 is 10.6 Å². The lowest BCUT2D eigenvalue weighted by atomic mass is 10.1. The van der Waals surface area contributed by atoms with Crippen LogP contribution in [0.25, 0.3) is 11.1 Å². The number of piperidine rings is 1. The van der Waals surface area contributed by atoms with Gasteiger partial charge in [-0.05, 0) is 43.5 Å². The van der Waals surface area contributed by atoms with Crippen LogP contribution in [0.5, 0.6) is 0 Å². The standard InChI is InChI=1S/C15H17N3O2/c1-8-17-13-6-10(2-3-14(13)20-8)15(19)18-12-5-9-4-11(12)16-7-9/h2-3,6,9,11-12,16H,4-5,7H2,1H3,(H,18,19). The van der Waals surface area contributed by atoms with Crippen molar-refractivity contribution >= 4 is 17.0 Å². The van der Waals surface area contributed by atoms with Crippen LogP contribution >= 0.6 is 0 Å². The van der Waals surface area contributed by atoms with E-state index < -0.39 is 0 Å². The highest BCUT2D eigenvalue weighted by molar-refractivity contribution is 5.97. The molecule has 2 fully saturated rings. The van der Waals surface area contributed by atoms with E-state index in [1.54, 1.807) is 19.1 Å². The maximum absolute atomic E-state index is 12.3. The smallest absolute Gasteiger partial charge is 0.251 e. The Balaban J connectivity index is 1.54. The summed E-state index contributed by atoms with van der Waals surface area (Å²) in [5.74, 6) is 1.33. The summed E-state index contributed by atoms with van der Waals surface area (Å²) in [6.07, 6.45) is 2.28. The fourth-order valence-electron chi connectivity index (χ4n) is 3.45. The van der Waals surface area contributed by atoms with Crippen molar-refractivity contribution in [1.82, 2.24) is 15.6 Å². The van der Waals surface area contributed by atoms with Crippen LogP contribution in [-0.2, 0) is 0 Å². The minimum Gasteiger partial charge on any atom is -0.441 e. The summed E-state index contributed by atoms with van der Waals surface area (Å²) in [4.78, 5) is 16.6. The molecule has 2 bridgehead atoms. The molecule has 1 aromatic carbocycles. The van der Waals surface area contributed by atoms with Crippen LogP contribution in [-0.4, -0.2) is 29.5 Å². The van der Waals surface area contributed by atoms with E-state index in [-0.39, 0.29) is 11.9 Å². The number of fused-ring (bicyclic) bond motifs is 3. The largest absolute Gasteiger partial charge is 0.441 e. The fraction of sp³-hybridized carbons (Fsp3) is 0.467. The predicted molar refractivity (Wildman–Crippen MR) is 74.5 cm³/mol. The number of oxazole rings is 1. The van der Waals surface area contributed by atoms with Gasteiger partial charge in [0.25, 0.3) is 5.91 Å². The van der Waals surface area contributed by atoms with Gasteiger partial charge in [0.15, 0.2) is 11.5 Å². The molecule has 1 aliphatic heterocycles. The second-order valence-corrected chi connectivity index (χ2v) is 5.85. The van der Waals surface area contributed by atoms with Gasteiger partial charge in [-0.1, -0.05) is 0 Å². The molecule has 1 amide bonds. The minimum absolute atomic E-state index is 0.0214. The molecular formula is C15H17N3O2. The highest BCUT2D eigenvalue weighted by Gasteiger charge is 2.40. The van der Waals surface area contributed by atoms with Gasteiger partial charge in [-0.2, -0.15) is 0 Å². The molecule has 5 heteroatoms. The van der Waals surface area contributed by atoms with E-state index >= 15 is 0 Å². The lowest BCUT2D eigenvalue weighted by Crippen LogP contribution is -2.47. The molecule has 0 spiro atoms. The second-order valence-electron chi connectivity index (χ2n) is 5.85. The van der Waals surface area contributed by atoms with Gasteiger partial charge in [-0.15, -0.1) is 0 Å². The molecule has 1 saturated heterocycles. The van der Waals surface area contributed by atoms with Gasteiger partial charge in [-0.25, -0.2) is 4.98 Å². The van der Waals surface area contributed by atoms with Crippen molar-refractivity contribution in [3.05, 3.63) is 29.7 Å². The molecule has 1 aliphatic carbocycles. The summed E-state index contributed by atoms with van der Waals surface area (Å²) >= 11 is 0. The van der Waals surface area contributed by atoms with Crippen LogP contribution in [0.15, 0.2) is 22.6 Å². The van der Waals surface area contributed by atoms with E-state index in [0.717, 1.165) is 30.0 Å². The first-order valence-corrected chi connectivity index (χ1v) is 7.10. The van der Waals surface area contributed by atoms with E-state index in [1.807, 2.05) is 6.07 Å². The van der Waals surface area contributed by atoms with Crippen molar-refractivity contribution < 1.29 is 9.21 Å². The highest BCUT2D eigenvalue weighted by atomic mass is 16.3. The first kappa shape index (κ1) is 11.9. The predicted octanol–water partition coefficient (Wildman–Crippen LogP) is 1.62. The average molecular weight is 271 g/mol. The Hall–Kier alpha value is -1.88. The minimum atomic E-state index is -0.0214. The lowest BCUT2D eigenvalue weighted by Gasteiger charge is -2.23. The molecule has 2 aliphatic rings. The Kier molecular flexibility index (Phi) is 2.57. The Bertz CT molecular complexity index is 679. The van der Waals surface area contributed by atoms with E-state index in [9.17, 15) is 4.79 Å². The van der Waals surface area contributed by atoms with E-state index in [2.05, 4.69) is 15.6 Å². The highest BCUT2D eigenvalue weighted by Crippen LogP contribution is 2.31. The first-order valence-electron chi connectivity index (χ1n) is 7.10. The number of hydrogen-bond acceptors (Lipinski definition) is 4. The Morgan fingerprint density at radius 1 is 1.45 bits per heavy atom. The van der Waals surface area contributed by atoms with E-state index in [1.165, 1.54) is 6.42 Å². The van der Waals surface area contributed by atoms with Gasteiger partial charge in [0.05, 0.1) is 0 Å². The normalized spacial score (nSPS) is 28.1. The Labute approximate surface area is 116 Å². The average Bonchev–Trinajstić information content (AvgIpc) is 3.10. The third-order valence-corrected chi connectivity index (χ3v) is 4.40. The number of aryl methyl sites for hydroxylation is 1. The quantitative estimate of drug-likeness (QED) is 0.871. The van der Waals surface area contributed by atoms with Crippen molar-refractivity contribution in [2.75, 3.05) is 6.54 Å². The molecule has 3 unspecified atom stereocenters. The van der Waals surface area contributed by atoms with Crippen LogP contribution in [0.4, 0.5) is 0 Å². The zero-order valence-corrected chi connectivity index (χ0v) is 11.3. The topological polar surface area (TPSA) is 67.2 Å². The van der Waals surface area contributed by atoms with Crippen LogP contribution in [0.2, 0.25) is 0 Å². The van der Waals surface area contributed by atoms with Crippen molar-refractivity contribution in [3.8, 4) is 0 Å². The number of hydrogen-bond donors (Lipinski definition) is 2. The van der Waals surface area contributed by atoms with Crippen molar-refractivity contribution in [2.24, 2.45) is 5.92 Å². The molecular weight excluding hydrogens is 254 g/mol. The number of aromatic nitrogens is 1. The molecule has 2 heterocycles. The van der Waals surface area contributed by atoms with Gasteiger partial charge in [0, 0.05) is 24.6 Å². The van der Waals surface area contributed by atoms with Gasteiger partial charge in [-0.3, -0.25) is 4.79 Å². The monoisotopic (exact) mass is 271 g/mol. The molecule has 1 aromatic heterocycles. The molecule has 104 valence electrons. The fourth-order valence-corrected chi connectivity index (χ4v) is 3.45. The van der Waals surface area contributed by atoms with Gasteiger partial charge < -0.3 is 15.1 Å². The van der Waals surface area contributed by atoms with Crippen molar-refractivity contribution in [2.45, 2.75) is 31.8 Å². The molecule has 1 saturated carbocycles. The number of nitrogens with one attached hydrogen (secondary N) is 2. The summed E-state index contributed by atoms with van der Waals surface area (Å²) in [5, 5.41) is 6.59. The first-order chi connectivity index (χ1) is 9.69. The van der Waals surface area contributed by atoms with Crippen LogP contribution in [0.3, 0.4) is 0 Å². The Morgan fingerprint density at radius 3 is 3.10 bits per heavy atom. The molecule has 5 nitrogen and oxygen atoms in total. The third kappa shape index (κ3) is 1.89. The molecule has 2 N–H and O–H groups in total. The zero-order valence-electron chi connectivity index (χ0n) is 11.3. The lowest BCUT2D eigenvalue weighted by molar-refractivity contribution is 0.0928. The SMILES string of the molecule is Cc1nc2cc(C(=O)NC3CC4CNC3C4)ccc2o1. The molecule has 4 rings (SSSR count). The maximum Gasteiger partial charge on any atom is 0.251 e. The zero-order chi connectivity index (χ0) is 13.7. The Morgan fingerprint density at radius 2 is 2.35 bits per heavy atom. The summed E-state index contributed by atoms with van der Waals surface area (Å²) in [6, 6.07) is 6.10. The molecule has 2 aromatic rings. The number of carbonyl (C=O) groups excluding carboxylic acids is 1. The van der Waals surface area contributed by atoms with Crippen molar-refractivity contribution in [3.63, 3.8) is 0 Å². The molecule has 3 atom stereocenters. The number of amides is 1. The maximum atomic E-state index is 12.3. The number of carbonyl (C=O) groups is 1. The van der Waals surface area contributed by atoms with Crippen molar-refractivity contribution in [1.29, 1.82) is 0 Å². The third-order valence-electron chi connectivity index (χ3n) is 4.40. The summed E-state index contributed by atoms with van der Waals surface area (Å²) < 4.78 is 5.42. The number of rotatable bonds is 2. The second kappa shape index (κ2) is 4.31. The van der Waals surface area contributed by atoms with Crippen LogP contribution in [0, 0.1) is 12.8 Å². The molecule has 20 heavy (non-hydrogen) atoms. The van der Waals surface area contributed by atoms with Gasteiger partial charge in [0.2, 0.25) is 0 Å². The molecule has 0 radical (unpaired) electrons. The van der Waals surface area contributed by atoms with Crippen LogP contribution in [0.1, 0.15) is 29.1 Å². The summed E-state index contributed by atoms with van der Waals surface area (Å²) in [6.45, 7) is 2.90. The number of nitrogens with zero attached hydrogens (tertiary/aromatic N) is 1. The van der Waals surface area contributed by atoms with E-state index in [0.29, 0.717) is 17.5 Å². The van der Waals surface area contributed by atoms with Gasteiger partial charge in [0.1, 0.15) is 5.52 Å². The van der Waals surface area contributed by atoms with E-state index in [4.69, 9.17) is 4.42 Å². The summed E-state index contributed by atoms with van der Waals surface area (Å²) in [5.41, 5.74) is 2.11. The van der Waals surface area contributed by atoms with Gasteiger partial charge >= 0.3 is 0 Å². The number of benzene rings is 1.